The summed E-state index contributed by atoms with van der Waals surface area (Å²) in [5.74, 6) is 1.02. The third-order valence-electron chi connectivity index (χ3n) is 5.46. The molecule has 7 nitrogen and oxygen atoms in total. The van der Waals surface area contributed by atoms with E-state index in [1.165, 1.54) is 7.11 Å². The van der Waals surface area contributed by atoms with Gasteiger partial charge in [0.25, 0.3) is 0 Å². The van der Waals surface area contributed by atoms with Crippen molar-refractivity contribution in [3.63, 3.8) is 0 Å². The summed E-state index contributed by atoms with van der Waals surface area (Å²) in [5.41, 5.74) is 2.91. The van der Waals surface area contributed by atoms with Crippen LogP contribution in [0.4, 0.5) is 0 Å². The van der Waals surface area contributed by atoms with E-state index in [-0.39, 0.29) is 24.6 Å². The molecule has 3 aliphatic rings. The van der Waals surface area contributed by atoms with Gasteiger partial charge in [-0.3, -0.25) is 4.99 Å². The molecule has 0 bridgehead atoms. The van der Waals surface area contributed by atoms with Gasteiger partial charge in [0.15, 0.2) is 17.7 Å². The molecule has 26 heavy (non-hydrogen) atoms. The fourth-order valence-corrected chi connectivity index (χ4v) is 4.33. The van der Waals surface area contributed by atoms with Crippen LogP contribution in [-0.4, -0.2) is 61.0 Å². The number of phenols is 1. The lowest BCUT2D eigenvalue weighted by atomic mass is 9.88. The van der Waals surface area contributed by atoms with Crippen LogP contribution in [0.5, 0.6) is 17.2 Å². The van der Waals surface area contributed by atoms with E-state index in [0.29, 0.717) is 29.2 Å². The SMILES string of the molecule is COc1c(C)c(OC)c2c(c1O)[C@H](CO)N1C(=C2)C=N[C@H]2CCCO[C@H]21. The second-order valence-electron chi connectivity index (χ2n) is 6.79. The number of phenolic OH excluding ortho intramolecular Hbond substituents is 1. The predicted octanol–water partition coefficient (Wildman–Crippen LogP) is 2.00. The third kappa shape index (κ3) is 2.30. The second kappa shape index (κ2) is 6.48. The van der Waals surface area contributed by atoms with E-state index in [1.807, 2.05) is 24.1 Å². The molecule has 2 N–H and O–H groups in total. The topological polar surface area (TPSA) is 83.8 Å². The molecule has 0 saturated carbocycles. The molecule has 3 atom stereocenters. The minimum Gasteiger partial charge on any atom is -0.504 e. The fourth-order valence-electron chi connectivity index (χ4n) is 4.33. The molecule has 1 saturated heterocycles. The van der Waals surface area contributed by atoms with Crippen LogP contribution in [0.25, 0.3) is 6.08 Å². The van der Waals surface area contributed by atoms with E-state index < -0.39 is 6.04 Å². The molecular weight excluding hydrogens is 336 g/mol. The maximum absolute atomic E-state index is 10.9. The molecule has 0 amide bonds. The number of methoxy groups -OCH3 is 2. The zero-order valence-electron chi connectivity index (χ0n) is 15.2. The Balaban J connectivity index is 1.95. The number of aliphatic hydroxyl groups excluding tert-OH is 1. The van der Waals surface area contributed by atoms with E-state index in [1.54, 1.807) is 7.11 Å². The van der Waals surface area contributed by atoms with Crippen LogP contribution in [-0.2, 0) is 4.74 Å². The van der Waals surface area contributed by atoms with Crippen LogP contribution in [0, 0.1) is 6.92 Å². The molecule has 0 aromatic heterocycles. The third-order valence-corrected chi connectivity index (χ3v) is 5.46. The van der Waals surface area contributed by atoms with Crippen molar-refractivity contribution in [2.24, 2.45) is 4.99 Å². The normalized spacial score (nSPS) is 26.5. The minimum atomic E-state index is -0.467. The van der Waals surface area contributed by atoms with Crippen molar-refractivity contribution in [1.82, 2.24) is 4.90 Å². The lowest BCUT2D eigenvalue weighted by Gasteiger charge is -2.48. The first kappa shape index (κ1) is 17.2. The fraction of sp³-hybridized carbons (Fsp3) is 0.526. The van der Waals surface area contributed by atoms with Crippen molar-refractivity contribution >= 4 is 12.3 Å². The summed E-state index contributed by atoms with van der Waals surface area (Å²) in [6.45, 7) is 2.33. The average molecular weight is 360 g/mol. The molecule has 3 heterocycles. The van der Waals surface area contributed by atoms with Crippen molar-refractivity contribution in [2.75, 3.05) is 27.4 Å². The Labute approximate surface area is 152 Å². The van der Waals surface area contributed by atoms with Crippen LogP contribution in [0.1, 0.15) is 35.6 Å². The largest absolute Gasteiger partial charge is 0.504 e. The highest BCUT2D eigenvalue weighted by Gasteiger charge is 2.43. The molecule has 7 heteroatoms. The van der Waals surface area contributed by atoms with Gasteiger partial charge in [0.2, 0.25) is 0 Å². The molecule has 0 unspecified atom stereocenters. The van der Waals surface area contributed by atoms with E-state index in [9.17, 15) is 10.2 Å². The van der Waals surface area contributed by atoms with Crippen LogP contribution in [0.15, 0.2) is 10.7 Å². The highest BCUT2D eigenvalue weighted by molar-refractivity contribution is 5.90. The molecule has 0 radical (unpaired) electrons. The van der Waals surface area contributed by atoms with Gasteiger partial charge >= 0.3 is 0 Å². The Bertz CT molecular complexity index is 789. The summed E-state index contributed by atoms with van der Waals surface area (Å²) >= 11 is 0. The molecule has 1 aromatic rings. The smallest absolute Gasteiger partial charge is 0.167 e. The zero-order valence-corrected chi connectivity index (χ0v) is 15.2. The number of hydrogen-bond acceptors (Lipinski definition) is 7. The van der Waals surface area contributed by atoms with Crippen molar-refractivity contribution in [2.45, 2.75) is 38.1 Å². The van der Waals surface area contributed by atoms with Crippen LogP contribution >= 0.6 is 0 Å². The van der Waals surface area contributed by atoms with Gasteiger partial charge in [0.05, 0.1) is 38.6 Å². The Morgan fingerprint density at radius 1 is 1.31 bits per heavy atom. The number of aliphatic hydroxyl groups is 1. The summed E-state index contributed by atoms with van der Waals surface area (Å²) < 4.78 is 17.0. The molecule has 0 spiro atoms. The number of hydrogen-bond donors (Lipinski definition) is 2. The Morgan fingerprint density at radius 2 is 2.08 bits per heavy atom. The highest BCUT2D eigenvalue weighted by atomic mass is 16.5. The van der Waals surface area contributed by atoms with Crippen LogP contribution in [0.2, 0.25) is 0 Å². The number of nitrogens with zero attached hydrogens (tertiary/aromatic N) is 2. The monoisotopic (exact) mass is 360 g/mol. The van der Waals surface area contributed by atoms with E-state index >= 15 is 0 Å². The van der Waals surface area contributed by atoms with Gasteiger partial charge in [-0.15, -0.1) is 0 Å². The van der Waals surface area contributed by atoms with Crippen molar-refractivity contribution in [3.8, 4) is 17.2 Å². The average Bonchev–Trinajstić information content (AvgIpc) is 2.67. The molecule has 140 valence electrons. The van der Waals surface area contributed by atoms with Crippen LogP contribution in [0.3, 0.4) is 0 Å². The first-order chi connectivity index (χ1) is 12.6. The maximum Gasteiger partial charge on any atom is 0.167 e. The second-order valence-corrected chi connectivity index (χ2v) is 6.79. The molecular formula is C19H24N2O5. The van der Waals surface area contributed by atoms with Gasteiger partial charge in [0, 0.05) is 29.5 Å². The standard InChI is InChI=1S/C19H24N2O5/c1-10-17(24-2)12-7-11-8-20-13-5-4-6-26-19(13)21(11)14(9-22)15(12)16(23)18(10)25-3/h7-8,13-14,19,22-23H,4-6,9H2,1-3H3/t13-,14-,19+/m0/s1. The minimum absolute atomic E-state index is 0.0324. The van der Waals surface area contributed by atoms with Gasteiger partial charge in [-0.05, 0) is 25.8 Å². The number of allylic oxidation sites excluding steroid dienone is 1. The molecule has 1 fully saturated rings. The van der Waals surface area contributed by atoms with Crippen molar-refractivity contribution < 1.29 is 24.4 Å². The number of benzene rings is 1. The van der Waals surface area contributed by atoms with E-state index in [0.717, 1.165) is 24.1 Å². The Morgan fingerprint density at radius 3 is 2.77 bits per heavy atom. The maximum atomic E-state index is 10.9. The van der Waals surface area contributed by atoms with Gasteiger partial charge in [0.1, 0.15) is 5.75 Å². The number of aromatic hydroxyl groups is 1. The number of ether oxygens (including phenoxy) is 3. The van der Waals surface area contributed by atoms with Crippen molar-refractivity contribution in [1.29, 1.82) is 0 Å². The zero-order chi connectivity index (χ0) is 18.4. The molecule has 4 rings (SSSR count). The quantitative estimate of drug-likeness (QED) is 0.858. The summed E-state index contributed by atoms with van der Waals surface area (Å²) in [6.07, 6.45) is 5.44. The van der Waals surface area contributed by atoms with Gasteiger partial charge in [-0.2, -0.15) is 0 Å². The molecule has 3 aliphatic heterocycles. The molecule has 1 aromatic carbocycles. The summed E-state index contributed by atoms with van der Waals surface area (Å²) in [5, 5.41) is 21.1. The lowest BCUT2D eigenvalue weighted by Crippen LogP contribution is -2.52. The number of aliphatic imine (C=N–C) groups is 1. The van der Waals surface area contributed by atoms with Crippen molar-refractivity contribution in [3.05, 3.63) is 22.4 Å². The summed E-state index contributed by atoms with van der Waals surface area (Å²) in [7, 11) is 3.10. The molecule has 0 aliphatic carbocycles. The van der Waals surface area contributed by atoms with E-state index in [2.05, 4.69) is 4.99 Å². The van der Waals surface area contributed by atoms with Gasteiger partial charge in [-0.1, -0.05) is 0 Å². The summed E-state index contributed by atoms with van der Waals surface area (Å²) in [6, 6.07) is -0.432. The first-order valence-corrected chi connectivity index (χ1v) is 8.85. The van der Waals surface area contributed by atoms with Crippen LogP contribution < -0.4 is 9.47 Å². The predicted molar refractivity (Wildman–Crippen MR) is 96.8 cm³/mol. The lowest BCUT2D eigenvalue weighted by molar-refractivity contribution is -0.105. The Hall–Kier alpha value is -2.25. The summed E-state index contributed by atoms with van der Waals surface area (Å²) in [4.78, 5) is 6.66. The number of rotatable bonds is 3. The highest BCUT2D eigenvalue weighted by Crippen LogP contribution is 2.51. The van der Waals surface area contributed by atoms with Gasteiger partial charge in [-0.25, -0.2) is 0 Å². The number of fused-ring (bicyclic) bond motifs is 4. The van der Waals surface area contributed by atoms with Gasteiger partial charge < -0.3 is 29.3 Å². The Kier molecular flexibility index (Phi) is 4.28. The van der Waals surface area contributed by atoms with E-state index in [4.69, 9.17) is 14.2 Å². The first-order valence-electron chi connectivity index (χ1n) is 8.85.